The first-order valence-corrected chi connectivity index (χ1v) is 8.07. The van der Waals surface area contributed by atoms with Gasteiger partial charge in [0.1, 0.15) is 0 Å². The molecule has 1 fully saturated rings. The normalized spacial score (nSPS) is 25.9. The van der Waals surface area contributed by atoms with Gasteiger partial charge in [-0.05, 0) is 36.1 Å². The molecule has 0 aliphatic carbocycles. The molecule has 0 saturated carbocycles. The van der Waals surface area contributed by atoms with Crippen LogP contribution in [0.2, 0.25) is 0 Å². The molecule has 4 heteroatoms. The number of amides is 1. The smallest absolute Gasteiger partial charge is 0.237 e. The Kier molecular flexibility index (Phi) is 4.09. The Bertz CT molecular complexity index is 457. The standard InChI is InChI=1S/C15H20N2OS/c18-15(17-10-13-6-3-7-19-13)14-8-11-4-1-2-5-12(11)9-16-14/h1-2,4-5,13-14,16H,3,6-10H2,(H,17,18). The zero-order valence-corrected chi connectivity index (χ0v) is 11.8. The van der Waals surface area contributed by atoms with Crippen molar-refractivity contribution in [3.63, 3.8) is 0 Å². The monoisotopic (exact) mass is 276 g/mol. The summed E-state index contributed by atoms with van der Waals surface area (Å²) in [5.41, 5.74) is 2.62. The number of thioether (sulfide) groups is 1. The van der Waals surface area contributed by atoms with E-state index in [9.17, 15) is 4.79 Å². The van der Waals surface area contributed by atoms with Crippen LogP contribution in [0.15, 0.2) is 24.3 Å². The predicted molar refractivity (Wildman–Crippen MR) is 79.3 cm³/mol. The van der Waals surface area contributed by atoms with E-state index in [0.29, 0.717) is 5.25 Å². The zero-order valence-electron chi connectivity index (χ0n) is 11.0. The highest BCUT2D eigenvalue weighted by molar-refractivity contribution is 8.00. The molecule has 102 valence electrons. The van der Waals surface area contributed by atoms with Crippen molar-refractivity contribution in [3.8, 4) is 0 Å². The Labute approximate surface area is 118 Å². The van der Waals surface area contributed by atoms with Gasteiger partial charge in [0.25, 0.3) is 0 Å². The van der Waals surface area contributed by atoms with Crippen molar-refractivity contribution in [2.75, 3.05) is 12.3 Å². The molecule has 0 spiro atoms. The molecule has 19 heavy (non-hydrogen) atoms. The minimum Gasteiger partial charge on any atom is -0.354 e. The first-order chi connectivity index (χ1) is 9.33. The molecule has 1 saturated heterocycles. The van der Waals surface area contributed by atoms with E-state index in [2.05, 4.69) is 28.8 Å². The Morgan fingerprint density at radius 3 is 3.00 bits per heavy atom. The molecule has 1 aromatic carbocycles. The topological polar surface area (TPSA) is 41.1 Å². The largest absolute Gasteiger partial charge is 0.354 e. The molecule has 3 rings (SSSR count). The summed E-state index contributed by atoms with van der Waals surface area (Å²) in [4.78, 5) is 12.2. The third-order valence-electron chi connectivity index (χ3n) is 3.93. The number of nitrogens with one attached hydrogen (secondary N) is 2. The van der Waals surface area contributed by atoms with Crippen LogP contribution >= 0.6 is 11.8 Å². The first-order valence-electron chi connectivity index (χ1n) is 7.02. The maximum atomic E-state index is 12.2. The molecule has 2 aliphatic rings. The highest BCUT2D eigenvalue weighted by Crippen LogP contribution is 2.25. The van der Waals surface area contributed by atoms with Crippen molar-refractivity contribution in [3.05, 3.63) is 35.4 Å². The fraction of sp³-hybridized carbons (Fsp3) is 0.533. The lowest BCUT2D eigenvalue weighted by Crippen LogP contribution is -2.48. The van der Waals surface area contributed by atoms with Crippen molar-refractivity contribution in [1.29, 1.82) is 0 Å². The molecule has 2 atom stereocenters. The second-order valence-electron chi connectivity index (χ2n) is 5.29. The summed E-state index contributed by atoms with van der Waals surface area (Å²) in [6, 6.07) is 8.29. The average Bonchev–Trinajstić information content (AvgIpc) is 2.97. The van der Waals surface area contributed by atoms with Crippen LogP contribution in [0.3, 0.4) is 0 Å². The molecular weight excluding hydrogens is 256 g/mol. The second kappa shape index (κ2) is 5.97. The number of hydrogen-bond donors (Lipinski definition) is 2. The maximum Gasteiger partial charge on any atom is 0.237 e. The van der Waals surface area contributed by atoms with E-state index in [1.54, 1.807) is 0 Å². The van der Waals surface area contributed by atoms with Gasteiger partial charge >= 0.3 is 0 Å². The van der Waals surface area contributed by atoms with Crippen LogP contribution < -0.4 is 10.6 Å². The molecule has 0 radical (unpaired) electrons. The number of hydrogen-bond acceptors (Lipinski definition) is 3. The van der Waals surface area contributed by atoms with Gasteiger partial charge in [0.05, 0.1) is 6.04 Å². The third kappa shape index (κ3) is 3.12. The van der Waals surface area contributed by atoms with Crippen molar-refractivity contribution in [2.45, 2.75) is 37.1 Å². The van der Waals surface area contributed by atoms with Crippen LogP contribution in [0.25, 0.3) is 0 Å². The van der Waals surface area contributed by atoms with Crippen molar-refractivity contribution < 1.29 is 4.79 Å². The van der Waals surface area contributed by atoms with E-state index >= 15 is 0 Å². The lowest BCUT2D eigenvalue weighted by Gasteiger charge is -2.25. The molecule has 2 N–H and O–H groups in total. The van der Waals surface area contributed by atoms with Gasteiger partial charge in [0.2, 0.25) is 5.91 Å². The molecule has 0 aromatic heterocycles. The van der Waals surface area contributed by atoms with Crippen LogP contribution in [-0.4, -0.2) is 29.5 Å². The summed E-state index contributed by atoms with van der Waals surface area (Å²) in [7, 11) is 0. The van der Waals surface area contributed by atoms with Gasteiger partial charge in [-0.15, -0.1) is 0 Å². The minimum absolute atomic E-state index is 0.0682. The lowest BCUT2D eigenvalue weighted by atomic mass is 9.95. The lowest BCUT2D eigenvalue weighted by molar-refractivity contribution is -0.123. The van der Waals surface area contributed by atoms with E-state index in [1.807, 2.05) is 17.8 Å². The summed E-state index contributed by atoms with van der Waals surface area (Å²) in [6.45, 7) is 1.62. The van der Waals surface area contributed by atoms with Crippen LogP contribution in [0.1, 0.15) is 24.0 Å². The predicted octanol–water partition coefficient (Wildman–Crippen LogP) is 1.71. The van der Waals surface area contributed by atoms with Crippen LogP contribution in [0.5, 0.6) is 0 Å². The quantitative estimate of drug-likeness (QED) is 0.883. The fourth-order valence-electron chi connectivity index (χ4n) is 2.78. The van der Waals surface area contributed by atoms with Gasteiger partial charge < -0.3 is 10.6 Å². The molecular formula is C15H20N2OS. The van der Waals surface area contributed by atoms with E-state index in [4.69, 9.17) is 0 Å². The number of rotatable bonds is 3. The van der Waals surface area contributed by atoms with Crippen molar-refractivity contribution in [2.24, 2.45) is 0 Å². The SMILES string of the molecule is O=C(NCC1CCCS1)C1Cc2ccccc2CN1. The Morgan fingerprint density at radius 1 is 1.37 bits per heavy atom. The molecule has 1 aromatic rings. The number of carbonyl (C=O) groups is 1. The van der Waals surface area contributed by atoms with Crippen LogP contribution in [-0.2, 0) is 17.8 Å². The summed E-state index contributed by atoms with van der Waals surface area (Å²) in [5, 5.41) is 7.06. The van der Waals surface area contributed by atoms with Gasteiger partial charge in [-0.3, -0.25) is 4.79 Å². The Morgan fingerprint density at radius 2 is 2.21 bits per heavy atom. The van der Waals surface area contributed by atoms with Gasteiger partial charge in [0.15, 0.2) is 0 Å². The maximum absolute atomic E-state index is 12.2. The Balaban J connectivity index is 1.54. The minimum atomic E-state index is -0.0682. The summed E-state index contributed by atoms with van der Waals surface area (Å²) in [6.07, 6.45) is 3.34. The highest BCUT2D eigenvalue weighted by atomic mass is 32.2. The zero-order chi connectivity index (χ0) is 13.1. The third-order valence-corrected chi connectivity index (χ3v) is 5.32. The number of carbonyl (C=O) groups excluding carboxylic acids is 1. The van der Waals surface area contributed by atoms with Gasteiger partial charge in [0, 0.05) is 18.3 Å². The van der Waals surface area contributed by atoms with E-state index < -0.39 is 0 Å². The molecule has 2 unspecified atom stereocenters. The van der Waals surface area contributed by atoms with Crippen LogP contribution in [0.4, 0.5) is 0 Å². The van der Waals surface area contributed by atoms with E-state index in [-0.39, 0.29) is 11.9 Å². The summed E-state index contributed by atoms with van der Waals surface area (Å²) < 4.78 is 0. The fourth-order valence-corrected chi connectivity index (χ4v) is 3.98. The Hall–Kier alpha value is -1.00. The van der Waals surface area contributed by atoms with Crippen LogP contribution in [0, 0.1) is 0 Å². The number of fused-ring (bicyclic) bond motifs is 1. The second-order valence-corrected chi connectivity index (χ2v) is 6.69. The molecule has 2 heterocycles. The summed E-state index contributed by atoms with van der Waals surface area (Å²) in [5.74, 6) is 1.40. The summed E-state index contributed by atoms with van der Waals surface area (Å²) >= 11 is 1.98. The van der Waals surface area contributed by atoms with Gasteiger partial charge in [-0.1, -0.05) is 24.3 Å². The van der Waals surface area contributed by atoms with Crippen molar-refractivity contribution >= 4 is 17.7 Å². The first kappa shape index (κ1) is 13.0. The van der Waals surface area contributed by atoms with E-state index in [0.717, 1.165) is 19.5 Å². The highest BCUT2D eigenvalue weighted by Gasteiger charge is 2.24. The average molecular weight is 276 g/mol. The molecule has 3 nitrogen and oxygen atoms in total. The molecule has 0 bridgehead atoms. The molecule has 2 aliphatic heterocycles. The van der Waals surface area contributed by atoms with Gasteiger partial charge in [-0.25, -0.2) is 0 Å². The van der Waals surface area contributed by atoms with Gasteiger partial charge in [-0.2, -0.15) is 11.8 Å². The van der Waals surface area contributed by atoms with E-state index in [1.165, 1.54) is 29.7 Å². The molecule has 1 amide bonds. The van der Waals surface area contributed by atoms with Crippen molar-refractivity contribution in [1.82, 2.24) is 10.6 Å². The number of benzene rings is 1.